The van der Waals surface area contributed by atoms with Crippen LogP contribution in [-0.2, 0) is 11.0 Å². The van der Waals surface area contributed by atoms with E-state index in [1.165, 1.54) is 0 Å². The number of rotatable bonds is 1. The molecule has 0 amide bonds. The second-order valence-corrected chi connectivity index (χ2v) is 3.50. The lowest BCUT2D eigenvalue weighted by atomic mass is 10.1. The highest BCUT2D eigenvalue weighted by Crippen LogP contribution is 2.37. The average Bonchev–Trinajstić information content (AvgIpc) is 2.60. The van der Waals surface area contributed by atoms with E-state index in [4.69, 9.17) is 0 Å². The van der Waals surface area contributed by atoms with Crippen molar-refractivity contribution in [2.45, 2.75) is 13.1 Å². The van der Waals surface area contributed by atoms with Gasteiger partial charge in [0.25, 0.3) is 0 Å². The summed E-state index contributed by atoms with van der Waals surface area (Å²) in [6, 6.07) is 1.56. The van der Waals surface area contributed by atoms with Crippen LogP contribution in [0.3, 0.4) is 0 Å². The molecule has 18 heavy (non-hydrogen) atoms. The van der Waals surface area contributed by atoms with E-state index in [0.717, 1.165) is 19.3 Å². The van der Waals surface area contributed by atoms with Crippen molar-refractivity contribution in [1.82, 2.24) is 0 Å². The van der Waals surface area contributed by atoms with Gasteiger partial charge in [-0.05, 0) is 12.1 Å². The first-order valence-corrected chi connectivity index (χ1v) is 4.76. The minimum atomic E-state index is -4.81. The summed E-state index contributed by atoms with van der Waals surface area (Å²) in [6.45, 7) is 1.11. The van der Waals surface area contributed by atoms with Crippen LogP contribution < -0.4 is 4.74 Å². The van der Waals surface area contributed by atoms with Crippen LogP contribution in [0.15, 0.2) is 22.8 Å². The van der Waals surface area contributed by atoms with E-state index in [-0.39, 0.29) is 11.1 Å². The van der Waals surface area contributed by atoms with Gasteiger partial charge in [0.1, 0.15) is 6.26 Å². The molecule has 3 nitrogen and oxygen atoms in total. The zero-order valence-electron chi connectivity index (χ0n) is 8.97. The highest BCUT2D eigenvalue weighted by atomic mass is 19.4. The number of carbonyl (C=O) groups is 1. The Labute approximate surface area is 97.9 Å². The fourth-order valence-electron chi connectivity index (χ4n) is 1.49. The third-order valence-electron chi connectivity index (χ3n) is 2.21. The molecule has 2 rings (SSSR count). The number of benzene rings is 1. The maximum absolute atomic E-state index is 13.6. The number of hydrogen-bond acceptors (Lipinski definition) is 3. The molecule has 0 radical (unpaired) electrons. The van der Waals surface area contributed by atoms with E-state index < -0.39 is 29.1 Å². The first-order valence-electron chi connectivity index (χ1n) is 4.76. The Morgan fingerprint density at radius 1 is 1.33 bits per heavy atom. The average molecular weight is 262 g/mol. The van der Waals surface area contributed by atoms with Crippen molar-refractivity contribution in [2.24, 2.45) is 0 Å². The van der Waals surface area contributed by atoms with Crippen LogP contribution in [-0.4, -0.2) is 5.97 Å². The van der Waals surface area contributed by atoms with Crippen molar-refractivity contribution in [2.75, 3.05) is 0 Å². The minimum Gasteiger partial charge on any atom is -0.457 e. The lowest BCUT2D eigenvalue weighted by molar-refractivity contribution is -0.140. The van der Waals surface area contributed by atoms with Gasteiger partial charge in [-0.15, -0.1) is 0 Å². The van der Waals surface area contributed by atoms with Crippen LogP contribution in [0.4, 0.5) is 17.6 Å². The number of alkyl halides is 3. The standard InChI is InChI=1S/C11H6F4O3/c1-5(16)18-8-4-17-10-6(8)2-3-7(9(10)12)11(13,14)15/h2-4H,1H3. The molecule has 0 saturated heterocycles. The summed E-state index contributed by atoms with van der Waals surface area (Å²) in [5.41, 5.74) is -2.03. The number of carbonyl (C=O) groups excluding carboxylic acids is 1. The van der Waals surface area contributed by atoms with Crippen molar-refractivity contribution in [3.63, 3.8) is 0 Å². The molecule has 1 aromatic carbocycles. The van der Waals surface area contributed by atoms with Gasteiger partial charge in [-0.25, -0.2) is 4.39 Å². The van der Waals surface area contributed by atoms with Crippen LogP contribution in [0, 0.1) is 5.82 Å². The Hall–Kier alpha value is -2.05. The van der Waals surface area contributed by atoms with Crippen molar-refractivity contribution in [3.8, 4) is 5.75 Å². The van der Waals surface area contributed by atoms with Gasteiger partial charge in [-0.2, -0.15) is 13.2 Å². The zero-order valence-corrected chi connectivity index (χ0v) is 8.97. The van der Waals surface area contributed by atoms with Gasteiger partial charge in [-0.1, -0.05) is 0 Å². The molecule has 0 fully saturated rings. The van der Waals surface area contributed by atoms with Crippen molar-refractivity contribution in [1.29, 1.82) is 0 Å². The second-order valence-electron chi connectivity index (χ2n) is 3.50. The summed E-state index contributed by atoms with van der Waals surface area (Å²) < 4.78 is 60.2. The summed E-state index contributed by atoms with van der Waals surface area (Å²) >= 11 is 0. The Balaban J connectivity index is 2.61. The number of hydrogen-bond donors (Lipinski definition) is 0. The van der Waals surface area contributed by atoms with E-state index in [0.29, 0.717) is 6.07 Å². The molecule has 1 aromatic heterocycles. The van der Waals surface area contributed by atoms with Gasteiger partial charge in [0, 0.05) is 6.92 Å². The predicted octanol–water partition coefficient (Wildman–Crippen LogP) is 3.52. The SMILES string of the molecule is CC(=O)Oc1coc2c(F)c(C(F)(F)F)ccc12. The minimum absolute atomic E-state index is 0.0318. The Morgan fingerprint density at radius 3 is 2.56 bits per heavy atom. The Morgan fingerprint density at radius 2 is 2.00 bits per heavy atom. The molecule has 96 valence electrons. The van der Waals surface area contributed by atoms with Crippen molar-refractivity contribution in [3.05, 3.63) is 29.8 Å². The normalized spacial score (nSPS) is 11.8. The maximum Gasteiger partial charge on any atom is 0.419 e. The Bertz CT molecular complexity index is 613. The fraction of sp³-hybridized carbons (Fsp3) is 0.182. The summed E-state index contributed by atoms with van der Waals surface area (Å²) in [5.74, 6) is -2.33. The van der Waals surface area contributed by atoms with Gasteiger partial charge in [0.05, 0.1) is 10.9 Å². The highest BCUT2D eigenvalue weighted by molar-refractivity contribution is 5.87. The van der Waals surface area contributed by atoms with Crippen LogP contribution in [0.2, 0.25) is 0 Å². The van der Waals surface area contributed by atoms with E-state index in [1.54, 1.807) is 0 Å². The van der Waals surface area contributed by atoms with E-state index in [9.17, 15) is 22.4 Å². The summed E-state index contributed by atoms with van der Waals surface area (Å²) in [5, 5.41) is -0.0318. The quantitative estimate of drug-likeness (QED) is 0.583. The number of ether oxygens (including phenoxy) is 1. The molecule has 7 heteroatoms. The van der Waals surface area contributed by atoms with Crippen LogP contribution in [0.1, 0.15) is 12.5 Å². The van der Waals surface area contributed by atoms with Crippen molar-refractivity contribution >= 4 is 16.9 Å². The van der Waals surface area contributed by atoms with Gasteiger partial charge in [-0.3, -0.25) is 4.79 Å². The van der Waals surface area contributed by atoms with Gasteiger partial charge in [0.2, 0.25) is 0 Å². The molecule has 0 saturated carbocycles. The summed E-state index contributed by atoms with van der Waals surface area (Å²) in [6.07, 6.45) is -3.93. The van der Waals surface area contributed by atoms with Gasteiger partial charge >= 0.3 is 12.1 Å². The third-order valence-corrected chi connectivity index (χ3v) is 2.21. The molecule has 0 aliphatic heterocycles. The predicted molar refractivity (Wildman–Crippen MR) is 52.5 cm³/mol. The number of fused-ring (bicyclic) bond motifs is 1. The highest BCUT2D eigenvalue weighted by Gasteiger charge is 2.35. The number of furan rings is 1. The first-order chi connectivity index (χ1) is 8.30. The van der Waals surface area contributed by atoms with E-state index in [1.807, 2.05) is 0 Å². The largest absolute Gasteiger partial charge is 0.457 e. The van der Waals surface area contributed by atoms with Crippen LogP contribution >= 0.6 is 0 Å². The molecule has 0 unspecified atom stereocenters. The number of halogens is 4. The molecular weight excluding hydrogens is 256 g/mol. The fourth-order valence-corrected chi connectivity index (χ4v) is 1.49. The molecular formula is C11H6F4O3. The van der Waals surface area contributed by atoms with E-state index >= 15 is 0 Å². The van der Waals surface area contributed by atoms with Crippen LogP contribution in [0.25, 0.3) is 11.0 Å². The second kappa shape index (κ2) is 4.01. The summed E-state index contributed by atoms with van der Waals surface area (Å²) in [4.78, 5) is 10.7. The number of esters is 1. The molecule has 0 atom stereocenters. The van der Waals surface area contributed by atoms with Crippen LogP contribution in [0.5, 0.6) is 5.75 Å². The van der Waals surface area contributed by atoms with Gasteiger partial charge in [0.15, 0.2) is 17.1 Å². The lowest BCUT2D eigenvalue weighted by Crippen LogP contribution is -2.08. The maximum atomic E-state index is 13.6. The first kappa shape index (κ1) is 12.4. The topological polar surface area (TPSA) is 39.4 Å². The monoisotopic (exact) mass is 262 g/mol. The Kier molecular flexibility index (Phi) is 2.76. The van der Waals surface area contributed by atoms with E-state index in [2.05, 4.69) is 9.15 Å². The molecule has 0 aliphatic carbocycles. The smallest absolute Gasteiger partial charge is 0.419 e. The zero-order chi connectivity index (χ0) is 13.5. The molecule has 2 aromatic rings. The van der Waals surface area contributed by atoms with Gasteiger partial charge < -0.3 is 9.15 Å². The molecule has 0 bridgehead atoms. The molecule has 0 spiro atoms. The van der Waals surface area contributed by atoms with Crippen molar-refractivity contribution < 1.29 is 31.5 Å². The molecule has 0 aliphatic rings. The summed E-state index contributed by atoms with van der Waals surface area (Å²) in [7, 11) is 0. The third kappa shape index (κ3) is 2.03. The molecule has 1 heterocycles. The lowest BCUT2D eigenvalue weighted by Gasteiger charge is -2.07. The molecule has 0 N–H and O–H groups in total.